The molecule has 3 heterocycles. The van der Waals surface area contributed by atoms with Crippen LogP contribution < -0.4 is 15.5 Å². The molecule has 2 N–H and O–H groups in total. The average molecular weight is 429 g/mol. The molecule has 29 heavy (non-hydrogen) atoms. The highest BCUT2D eigenvalue weighted by Crippen LogP contribution is 2.29. The maximum atomic E-state index is 14.7. The van der Waals surface area contributed by atoms with Crippen molar-refractivity contribution in [3.63, 3.8) is 0 Å². The van der Waals surface area contributed by atoms with Crippen LogP contribution in [0.15, 0.2) is 18.2 Å². The van der Waals surface area contributed by atoms with Gasteiger partial charge in [0.25, 0.3) is 0 Å². The van der Waals surface area contributed by atoms with Crippen LogP contribution in [0, 0.1) is 5.82 Å². The Morgan fingerprint density at radius 3 is 2.69 bits per heavy atom. The number of halogens is 2. The number of cyclic esters (lactones) is 1. The molecular formula is C19H26ClFN4O4. The van der Waals surface area contributed by atoms with Crippen LogP contribution in [-0.4, -0.2) is 75.0 Å². The van der Waals surface area contributed by atoms with E-state index in [0.29, 0.717) is 50.8 Å². The summed E-state index contributed by atoms with van der Waals surface area (Å²) in [7, 11) is 0. The number of amides is 2. The van der Waals surface area contributed by atoms with Gasteiger partial charge in [0.2, 0.25) is 5.91 Å². The molecule has 2 unspecified atom stereocenters. The molecule has 0 spiro atoms. The van der Waals surface area contributed by atoms with Crippen LogP contribution in [0.1, 0.15) is 12.8 Å². The highest BCUT2D eigenvalue weighted by molar-refractivity contribution is 5.90. The summed E-state index contributed by atoms with van der Waals surface area (Å²) in [5.41, 5.74) is 6.43. The lowest BCUT2D eigenvalue weighted by molar-refractivity contribution is -0.122. The van der Waals surface area contributed by atoms with Gasteiger partial charge in [-0.3, -0.25) is 14.6 Å². The van der Waals surface area contributed by atoms with E-state index in [2.05, 4.69) is 0 Å². The lowest BCUT2D eigenvalue weighted by atomic mass is 10.2. The molecule has 10 heteroatoms. The molecule has 8 nitrogen and oxygen atoms in total. The van der Waals surface area contributed by atoms with Gasteiger partial charge < -0.3 is 20.1 Å². The number of morpholine rings is 1. The number of carbonyl (C=O) groups is 2. The number of rotatable bonds is 5. The van der Waals surface area contributed by atoms with Crippen LogP contribution in [0.2, 0.25) is 0 Å². The summed E-state index contributed by atoms with van der Waals surface area (Å²) in [6.07, 6.45) is 0.743. The van der Waals surface area contributed by atoms with Crippen LogP contribution in [0.25, 0.3) is 0 Å². The van der Waals surface area contributed by atoms with Crippen LogP contribution in [0.3, 0.4) is 0 Å². The van der Waals surface area contributed by atoms with Crippen molar-refractivity contribution in [3.8, 4) is 0 Å². The van der Waals surface area contributed by atoms with Crippen molar-refractivity contribution < 1.29 is 23.5 Å². The molecule has 1 aromatic rings. The Balaban J connectivity index is 0.00000240. The molecule has 3 aliphatic rings. The Morgan fingerprint density at radius 1 is 1.24 bits per heavy atom. The molecular weight excluding hydrogens is 403 g/mol. The number of likely N-dealkylation sites (tertiary alicyclic amines) is 1. The van der Waals surface area contributed by atoms with Crippen molar-refractivity contribution in [1.82, 2.24) is 4.90 Å². The number of ether oxygens (including phenoxy) is 2. The summed E-state index contributed by atoms with van der Waals surface area (Å²) in [5.74, 6) is -0.719. The second-order valence-electron chi connectivity index (χ2n) is 7.41. The fraction of sp³-hybridized carbons (Fsp3) is 0.579. The van der Waals surface area contributed by atoms with Crippen molar-refractivity contribution in [3.05, 3.63) is 24.0 Å². The third-order valence-electron chi connectivity index (χ3n) is 5.60. The van der Waals surface area contributed by atoms with Crippen LogP contribution >= 0.6 is 12.4 Å². The van der Waals surface area contributed by atoms with Gasteiger partial charge in [-0.05, 0) is 37.6 Å². The minimum Gasteiger partial charge on any atom is -0.443 e. The fourth-order valence-corrected chi connectivity index (χ4v) is 4.18. The number of anilines is 2. The smallest absolute Gasteiger partial charge is 0.414 e. The maximum absolute atomic E-state index is 14.7. The molecule has 0 aromatic heterocycles. The van der Waals surface area contributed by atoms with E-state index in [1.54, 1.807) is 12.1 Å². The Labute approximate surface area is 175 Å². The van der Waals surface area contributed by atoms with E-state index in [1.165, 1.54) is 11.0 Å². The first-order chi connectivity index (χ1) is 13.5. The minimum absolute atomic E-state index is 0. The molecule has 3 aliphatic heterocycles. The second-order valence-corrected chi connectivity index (χ2v) is 7.41. The van der Waals surface area contributed by atoms with Gasteiger partial charge in [-0.2, -0.15) is 0 Å². The number of nitrogens with two attached hydrogens (primary N) is 1. The van der Waals surface area contributed by atoms with Gasteiger partial charge in [-0.15, -0.1) is 12.4 Å². The van der Waals surface area contributed by atoms with Gasteiger partial charge in [0.1, 0.15) is 11.9 Å². The average Bonchev–Trinajstić information content (AvgIpc) is 3.29. The van der Waals surface area contributed by atoms with E-state index < -0.39 is 6.09 Å². The molecule has 0 bridgehead atoms. The predicted octanol–water partition coefficient (Wildman–Crippen LogP) is 1.36. The lowest BCUT2D eigenvalue weighted by Crippen LogP contribution is -2.44. The van der Waals surface area contributed by atoms with E-state index in [9.17, 15) is 14.0 Å². The topological polar surface area (TPSA) is 88.3 Å². The van der Waals surface area contributed by atoms with Crippen molar-refractivity contribution in [2.45, 2.75) is 25.0 Å². The fourth-order valence-electron chi connectivity index (χ4n) is 4.18. The highest BCUT2D eigenvalue weighted by Gasteiger charge is 2.37. The van der Waals surface area contributed by atoms with Crippen molar-refractivity contribution in [2.75, 3.05) is 55.7 Å². The number of hydrogen-bond donors (Lipinski definition) is 1. The van der Waals surface area contributed by atoms with Gasteiger partial charge in [0.05, 0.1) is 37.2 Å². The lowest BCUT2D eigenvalue weighted by Gasteiger charge is -2.29. The van der Waals surface area contributed by atoms with E-state index in [1.807, 2.05) is 9.80 Å². The SMILES string of the molecule is Cl.NC(=O)C1CCCN1CC1CN(c2ccc(N3CCOCC3)c(F)c2)C(=O)O1. The second kappa shape index (κ2) is 9.15. The highest BCUT2D eigenvalue weighted by atomic mass is 35.5. The number of nitrogens with zero attached hydrogens (tertiary/aromatic N) is 3. The van der Waals surface area contributed by atoms with Crippen LogP contribution in [0.5, 0.6) is 0 Å². The summed E-state index contributed by atoms with van der Waals surface area (Å²) < 4.78 is 25.4. The van der Waals surface area contributed by atoms with Crippen molar-refractivity contribution in [1.29, 1.82) is 0 Å². The summed E-state index contributed by atoms with van der Waals surface area (Å²) in [5, 5.41) is 0. The molecule has 3 saturated heterocycles. The molecule has 1 aromatic carbocycles. The van der Waals surface area contributed by atoms with E-state index >= 15 is 0 Å². The predicted molar refractivity (Wildman–Crippen MR) is 108 cm³/mol. The molecule has 4 rings (SSSR count). The first-order valence-electron chi connectivity index (χ1n) is 9.66. The third-order valence-corrected chi connectivity index (χ3v) is 5.60. The molecule has 2 atom stereocenters. The molecule has 0 saturated carbocycles. The van der Waals surface area contributed by atoms with E-state index in [4.69, 9.17) is 15.2 Å². The summed E-state index contributed by atoms with van der Waals surface area (Å²) in [6, 6.07) is 4.49. The van der Waals surface area contributed by atoms with Gasteiger partial charge in [-0.1, -0.05) is 0 Å². The number of carbonyl (C=O) groups excluding carboxylic acids is 2. The molecule has 0 aliphatic carbocycles. The maximum Gasteiger partial charge on any atom is 0.414 e. The Hall–Kier alpha value is -2.10. The standard InChI is InChI=1S/C19H25FN4O4.ClH/c20-15-10-13(3-4-16(15)22-6-8-27-9-7-22)24-12-14(28-19(24)26)11-23-5-1-2-17(23)18(21)25;/h3-4,10,14,17H,1-2,5-9,11-12H2,(H2,21,25);1H. The zero-order valence-electron chi connectivity index (χ0n) is 16.1. The first kappa shape index (κ1) is 21.6. The molecule has 0 radical (unpaired) electrons. The van der Waals surface area contributed by atoms with Crippen LogP contribution in [-0.2, 0) is 14.3 Å². The quantitative estimate of drug-likeness (QED) is 0.761. The summed E-state index contributed by atoms with van der Waals surface area (Å²) in [6.45, 7) is 3.95. The van der Waals surface area contributed by atoms with E-state index in [0.717, 1.165) is 19.4 Å². The first-order valence-corrected chi connectivity index (χ1v) is 9.66. The van der Waals surface area contributed by atoms with Crippen molar-refractivity contribution >= 4 is 35.8 Å². The Bertz CT molecular complexity index is 762. The zero-order chi connectivity index (χ0) is 19.7. The number of hydrogen-bond acceptors (Lipinski definition) is 6. The summed E-state index contributed by atoms with van der Waals surface area (Å²) in [4.78, 5) is 29.2. The van der Waals surface area contributed by atoms with Gasteiger partial charge >= 0.3 is 6.09 Å². The largest absolute Gasteiger partial charge is 0.443 e. The van der Waals surface area contributed by atoms with Crippen LogP contribution in [0.4, 0.5) is 20.6 Å². The summed E-state index contributed by atoms with van der Waals surface area (Å²) >= 11 is 0. The number of benzene rings is 1. The normalized spacial score (nSPS) is 25.1. The number of primary amides is 1. The van der Waals surface area contributed by atoms with Crippen molar-refractivity contribution in [2.24, 2.45) is 5.73 Å². The zero-order valence-corrected chi connectivity index (χ0v) is 16.9. The van der Waals surface area contributed by atoms with E-state index in [-0.39, 0.29) is 36.3 Å². The monoisotopic (exact) mass is 428 g/mol. The molecule has 3 fully saturated rings. The third kappa shape index (κ3) is 4.57. The van der Waals surface area contributed by atoms with Gasteiger partial charge in [0.15, 0.2) is 0 Å². The molecule has 2 amide bonds. The van der Waals surface area contributed by atoms with Gasteiger partial charge in [-0.25, -0.2) is 9.18 Å². The Morgan fingerprint density at radius 2 is 2.00 bits per heavy atom. The van der Waals surface area contributed by atoms with Gasteiger partial charge in [0, 0.05) is 19.6 Å². The minimum atomic E-state index is -0.502. The Kier molecular flexibility index (Phi) is 6.81. The molecule has 160 valence electrons.